The highest BCUT2D eigenvalue weighted by atomic mass is 15.1. The molecule has 0 N–H and O–H groups in total. The molecule has 0 fully saturated rings. The summed E-state index contributed by atoms with van der Waals surface area (Å²) >= 11 is 0. The molecule has 0 saturated heterocycles. The lowest BCUT2D eigenvalue weighted by atomic mass is 9.95. The minimum atomic E-state index is 0.0187. The zero-order valence-electron chi connectivity index (χ0n) is 8.85. The Balaban J connectivity index is 2.23. The average Bonchev–Trinajstić information content (AvgIpc) is 2.31. The Labute approximate surface area is 90.4 Å². The Morgan fingerprint density at radius 3 is 2.73 bits per heavy atom. The van der Waals surface area contributed by atoms with E-state index in [1.165, 1.54) is 11.1 Å². The topological polar surface area (TPSA) is 27.0 Å². The molecule has 0 bridgehead atoms. The second-order valence-electron chi connectivity index (χ2n) is 3.88. The van der Waals surface area contributed by atoms with E-state index >= 15 is 0 Å². The van der Waals surface area contributed by atoms with Crippen LogP contribution in [-0.4, -0.2) is 24.5 Å². The minimum Gasteiger partial charge on any atom is -0.287 e. The lowest BCUT2D eigenvalue weighted by Gasteiger charge is -2.27. The molecule has 0 radical (unpaired) electrons. The predicted octanol–water partition coefficient (Wildman–Crippen LogP) is 2.30. The summed E-state index contributed by atoms with van der Waals surface area (Å²) in [5.74, 6) is 0. The Bertz CT molecular complexity index is 400. The summed E-state index contributed by atoms with van der Waals surface area (Å²) in [6.45, 7) is 0.864. The summed E-state index contributed by atoms with van der Waals surface area (Å²) < 4.78 is 0. The van der Waals surface area contributed by atoms with Crippen molar-refractivity contribution in [2.45, 2.75) is 12.5 Å². The quantitative estimate of drug-likeness (QED) is 0.692. The van der Waals surface area contributed by atoms with Gasteiger partial charge in [0, 0.05) is 13.0 Å². The number of benzene rings is 1. The van der Waals surface area contributed by atoms with Crippen LogP contribution in [0.5, 0.6) is 0 Å². The van der Waals surface area contributed by atoms with Crippen molar-refractivity contribution in [2.24, 2.45) is 0 Å². The molecule has 1 heterocycles. The zero-order chi connectivity index (χ0) is 10.7. The van der Waals surface area contributed by atoms with Crippen molar-refractivity contribution < 1.29 is 0 Å². The van der Waals surface area contributed by atoms with Crippen LogP contribution in [0.1, 0.15) is 12.0 Å². The molecule has 2 heteroatoms. The number of hydrogen-bond acceptors (Lipinski definition) is 2. The molecule has 0 amide bonds. The van der Waals surface area contributed by atoms with E-state index in [1.54, 1.807) is 0 Å². The Morgan fingerprint density at radius 2 is 2.07 bits per heavy atom. The van der Waals surface area contributed by atoms with Crippen LogP contribution in [0.3, 0.4) is 0 Å². The van der Waals surface area contributed by atoms with Gasteiger partial charge in [-0.2, -0.15) is 5.26 Å². The summed E-state index contributed by atoms with van der Waals surface area (Å²) in [5.41, 5.74) is 2.53. The third kappa shape index (κ3) is 2.08. The maximum atomic E-state index is 9.01. The fraction of sp³-hybridized carbons (Fsp3) is 0.308. The third-order valence-electron chi connectivity index (χ3n) is 2.86. The number of nitrogens with zero attached hydrogens (tertiary/aromatic N) is 2. The molecule has 1 aromatic rings. The van der Waals surface area contributed by atoms with Crippen LogP contribution >= 0.6 is 0 Å². The monoisotopic (exact) mass is 198 g/mol. The SMILES string of the molecule is CN1CC=C(c2ccccc2)C[C@H]1C#N. The minimum absolute atomic E-state index is 0.0187. The molecule has 0 unspecified atom stereocenters. The normalized spacial score (nSPS) is 21.9. The van der Waals surface area contributed by atoms with Gasteiger partial charge < -0.3 is 0 Å². The van der Waals surface area contributed by atoms with Crippen molar-refractivity contribution in [3.05, 3.63) is 42.0 Å². The van der Waals surface area contributed by atoms with Gasteiger partial charge in [-0.15, -0.1) is 0 Å². The summed E-state index contributed by atoms with van der Waals surface area (Å²) in [6, 6.07) is 12.7. The van der Waals surface area contributed by atoms with Crippen LogP contribution in [-0.2, 0) is 0 Å². The smallest absolute Gasteiger partial charge is 0.102 e. The maximum Gasteiger partial charge on any atom is 0.102 e. The summed E-state index contributed by atoms with van der Waals surface area (Å²) in [6.07, 6.45) is 3.04. The van der Waals surface area contributed by atoms with E-state index in [2.05, 4.69) is 29.2 Å². The van der Waals surface area contributed by atoms with Gasteiger partial charge in [0.2, 0.25) is 0 Å². The molecule has 0 saturated carbocycles. The molecule has 15 heavy (non-hydrogen) atoms. The first kappa shape index (κ1) is 9.95. The lowest BCUT2D eigenvalue weighted by Crippen LogP contribution is -2.33. The van der Waals surface area contributed by atoms with Crippen molar-refractivity contribution in [1.82, 2.24) is 4.90 Å². The zero-order valence-corrected chi connectivity index (χ0v) is 8.85. The first-order chi connectivity index (χ1) is 7.31. The van der Waals surface area contributed by atoms with Gasteiger partial charge >= 0.3 is 0 Å². The summed E-state index contributed by atoms with van der Waals surface area (Å²) in [4.78, 5) is 2.08. The van der Waals surface area contributed by atoms with Gasteiger partial charge in [0.05, 0.1) is 6.07 Å². The third-order valence-corrected chi connectivity index (χ3v) is 2.86. The molecule has 0 aliphatic carbocycles. The van der Waals surface area contributed by atoms with Crippen LogP contribution in [0, 0.1) is 11.3 Å². The molecule has 0 aromatic heterocycles. The van der Waals surface area contributed by atoms with Crippen molar-refractivity contribution in [3.63, 3.8) is 0 Å². The van der Waals surface area contributed by atoms with Crippen LogP contribution in [0.25, 0.3) is 5.57 Å². The fourth-order valence-electron chi connectivity index (χ4n) is 1.86. The van der Waals surface area contributed by atoms with Crippen LogP contribution in [0.2, 0.25) is 0 Å². The summed E-state index contributed by atoms with van der Waals surface area (Å²) in [5, 5.41) is 9.01. The molecule has 1 aliphatic heterocycles. The standard InChI is InChI=1S/C13H14N2/c1-15-8-7-12(9-13(15)10-14)11-5-3-2-4-6-11/h2-7,13H,8-9H2,1H3/t13-/m0/s1. The van der Waals surface area contributed by atoms with Gasteiger partial charge in [-0.1, -0.05) is 36.4 Å². The van der Waals surface area contributed by atoms with E-state index in [-0.39, 0.29) is 6.04 Å². The molecule has 0 spiro atoms. The second kappa shape index (κ2) is 4.29. The van der Waals surface area contributed by atoms with Gasteiger partial charge in [0.25, 0.3) is 0 Å². The largest absolute Gasteiger partial charge is 0.287 e. The second-order valence-corrected chi connectivity index (χ2v) is 3.88. The van der Waals surface area contributed by atoms with E-state index in [0.29, 0.717) is 0 Å². The number of likely N-dealkylation sites (N-methyl/N-ethyl adjacent to an activating group) is 1. The van der Waals surface area contributed by atoms with Crippen molar-refractivity contribution in [2.75, 3.05) is 13.6 Å². The molecule has 2 rings (SSSR count). The van der Waals surface area contributed by atoms with Crippen LogP contribution in [0.4, 0.5) is 0 Å². The first-order valence-corrected chi connectivity index (χ1v) is 5.15. The van der Waals surface area contributed by atoms with Crippen LogP contribution < -0.4 is 0 Å². The molecular formula is C13H14N2. The highest BCUT2D eigenvalue weighted by Crippen LogP contribution is 2.24. The van der Waals surface area contributed by atoms with Gasteiger partial charge in [0.15, 0.2) is 0 Å². The Hall–Kier alpha value is -1.59. The Kier molecular flexibility index (Phi) is 2.84. The maximum absolute atomic E-state index is 9.01. The van der Waals surface area contributed by atoms with Crippen LogP contribution in [0.15, 0.2) is 36.4 Å². The number of hydrogen-bond donors (Lipinski definition) is 0. The number of rotatable bonds is 1. The molecule has 1 aromatic carbocycles. The van der Waals surface area contributed by atoms with Crippen molar-refractivity contribution >= 4 is 5.57 Å². The number of nitriles is 1. The van der Waals surface area contributed by atoms with E-state index < -0.39 is 0 Å². The van der Waals surface area contributed by atoms with E-state index in [4.69, 9.17) is 5.26 Å². The fourth-order valence-corrected chi connectivity index (χ4v) is 1.86. The van der Waals surface area contributed by atoms with Crippen molar-refractivity contribution in [1.29, 1.82) is 5.26 Å². The molecule has 2 nitrogen and oxygen atoms in total. The molecule has 76 valence electrons. The molecule has 1 aliphatic rings. The lowest BCUT2D eigenvalue weighted by molar-refractivity contribution is 0.311. The van der Waals surface area contributed by atoms with E-state index in [9.17, 15) is 0 Å². The van der Waals surface area contributed by atoms with E-state index in [1.807, 2.05) is 25.2 Å². The van der Waals surface area contributed by atoms with E-state index in [0.717, 1.165) is 13.0 Å². The van der Waals surface area contributed by atoms with Gasteiger partial charge in [-0.3, -0.25) is 4.90 Å². The predicted molar refractivity (Wildman–Crippen MR) is 61.1 cm³/mol. The Morgan fingerprint density at radius 1 is 1.33 bits per heavy atom. The van der Waals surface area contributed by atoms with Gasteiger partial charge in [-0.25, -0.2) is 0 Å². The first-order valence-electron chi connectivity index (χ1n) is 5.15. The van der Waals surface area contributed by atoms with Gasteiger partial charge in [-0.05, 0) is 18.2 Å². The highest BCUT2D eigenvalue weighted by Gasteiger charge is 2.20. The van der Waals surface area contributed by atoms with Gasteiger partial charge in [0.1, 0.15) is 6.04 Å². The van der Waals surface area contributed by atoms with Crippen molar-refractivity contribution in [3.8, 4) is 6.07 Å². The average molecular weight is 198 g/mol. The molecule has 1 atom stereocenters. The summed E-state index contributed by atoms with van der Waals surface area (Å²) in [7, 11) is 1.99. The highest BCUT2D eigenvalue weighted by molar-refractivity contribution is 5.67. The molecular weight excluding hydrogens is 184 g/mol.